The third kappa shape index (κ3) is 3.45. The fraction of sp³-hybridized carbons (Fsp3) is 0.280. The number of aliphatic imine (C=N–C) groups is 1. The highest BCUT2D eigenvalue weighted by molar-refractivity contribution is 8.13. The van der Waals surface area contributed by atoms with Crippen LogP contribution in [0.25, 0.3) is 15.3 Å². The number of nitrogens with zero attached hydrogens (tertiary/aromatic N) is 2. The second kappa shape index (κ2) is 7.94. The van der Waals surface area contributed by atoms with Crippen LogP contribution in [0.15, 0.2) is 65.7 Å². The number of aryl methyl sites for hydroxylation is 1. The predicted octanol–water partition coefficient (Wildman–Crippen LogP) is 6.42. The van der Waals surface area contributed by atoms with Crippen molar-refractivity contribution in [2.75, 3.05) is 5.75 Å². The third-order valence-electron chi connectivity index (χ3n) is 6.30. The molecule has 0 fully saturated rings. The summed E-state index contributed by atoms with van der Waals surface area (Å²) in [5, 5.41) is 0.718. The zero-order valence-electron chi connectivity index (χ0n) is 16.7. The van der Waals surface area contributed by atoms with Crippen molar-refractivity contribution in [2.45, 2.75) is 31.2 Å². The number of thiophene rings is 1. The maximum atomic E-state index is 7.34. The van der Waals surface area contributed by atoms with E-state index in [0.29, 0.717) is 11.6 Å². The summed E-state index contributed by atoms with van der Waals surface area (Å²) in [6.45, 7) is 7.34. The summed E-state index contributed by atoms with van der Waals surface area (Å²) >= 11 is 3.54. The smallest absolute Gasteiger partial charge is 0.187 e. The van der Waals surface area contributed by atoms with Gasteiger partial charge in [0.15, 0.2) is 10.9 Å². The second-order valence-electron chi connectivity index (χ2n) is 8.01. The largest absolute Gasteiger partial charge is 0.379 e. The summed E-state index contributed by atoms with van der Waals surface area (Å²) in [4.78, 5) is 11.4. The van der Waals surface area contributed by atoms with Crippen LogP contribution in [0.3, 0.4) is 0 Å². The maximum absolute atomic E-state index is 7.34. The van der Waals surface area contributed by atoms with Gasteiger partial charge in [0.25, 0.3) is 0 Å². The van der Waals surface area contributed by atoms with E-state index in [1.165, 1.54) is 20.9 Å². The molecule has 2 atom stereocenters. The normalized spacial score (nSPS) is 22.9. The molecule has 1 aliphatic heterocycles. The van der Waals surface area contributed by atoms with E-state index >= 15 is 0 Å². The van der Waals surface area contributed by atoms with Crippen LogP contribution in [-0.2, 0) is 18.4 Å². The van der Waals surface area contributed by atoms with Gasteiger partial charge in [-0.15, -0.1) is 11.3 Å². The SMILES string of the molecule is [C-]#[N+]c1cccc(-c2cc3c(s2)CCC(Cc2ccccc2)C32CCSC(N)=N2)c1. The molecule has 5 heteroatoms. The van der Waals surface area contributed by atoms with E-state index in [-0.39, 0.29) is 5.54 Å². The second-order valence-corrected chi connectivity index (χ2v) is 10.3. The Balaban J connectivity index is 1.59. The zero-order valence-corrected chi connectivity index (χ0v) is 18.3. The number of thioether (sulfide) groups is 1. The first-order valence-corrected chi connectivity index (χ1v) is 12.1. The minimum atomic E-state index is -0.231. The van der Waals surface area contributed by atoms with E-state index in [0.717, 1.165) is 42.2 Å². The Morgan fingerprint density at radius 2 is 2.00 bits per heavy atom. The summed E-state index contributed by atoms with van der Waals surface area (Å²) in [5.41, 5.74) is 10.6. The quantitative estimate of drug-likeness (QED) is 0.488. The molecule has 150 valence electrons. The number of rotatable bonds is 3. The summed E-state index contributed by atoms with van der Waals surface area (Å²) < 4.78 is 0. The lowest BCUT2D eigenvalue weighted by Crippen LogP contribution is -2.42. The highest BCUT2D eigenvalue weighted by atomic mass is 32.2. The van der Waals surface area contributed by atoms with E-state index in [2.05, 4.69) is 47.3 Å². The maximum Gasteiger partial charge on any atom is 0.187 e. The van der Waals surface area contributed by atoms with E-state index < -0.39 is 0 Å². The van der Waals surface area contributed by atoms with Gasteiger partial charge in [0.1, 0.15) is 0 Å². The van der Waals surface area contributed by atoms with Crippen LogP contribution in [0, 0.1) is 12.5 Å². The van der Waals surface area contributed by atoms with Gasteiger partial charge in [-0.05, 0) is 60.4 Å². The van der Waals surface area contributed by atoms with E-state index in [1.807, 2.05) is 29.5 Å². The number of nitrogens with two attached hydrogens (primary N) is 1. The van der Waals surface area contributed by atoms with Crippen molar-refractivity contribution in [3.05, 3.63) is 88.1 Å². The molecule has 0 radical (unpaired) electrons. The molecule has 30 heavy (non-hydrogen) atoms. The lowest BCUT2D eigenvalue weighted by atomic mass is 9.68. The lowest BCUT2D eigenvalue weighted by molar-refractivity contribution is 0.235. The van der Waals surface area contributed by atoms with Crippen molar-refractivity contribution in [1.29, 1.82) is 0 Å². The molecule has 0 saturated heterocycles. The van der Waals surface area contributed by atoms with Gasteiger partial charge in [0.05, 0.1) is 12.1 Å². The number of benzene rings is 2. The Bertz CT molecular complexity index is 1140. The average Bonchev–Trinajstić information content (AvgIpc) is 3.23. The highest BCUT2D eigenvalue weighted by Gasteiger charge is 2.46. The van der Waals surface area contributed by atoms with Crippen LogP contribution in [0.5, 0.6) is 0 Å². The predicted molar refractivity (Wildman–Crippen MR) is 128 cm³/mol. The van der Waals surface area contributed by atoms with Crippen molar-refractivity contribution in [3.63, 3.8) is 0 Å². The van der Waals surface area contributed by atoms with Gasteiger partial charge in [-0.25, -0.2) is 4.85 Å². The molecule has 1 aliphatic carbocycles. The first kappa shape index (κ1) is 19.4. The molecule has 2 N–H and O–H groups in total. The van der Waals surface area contributed by atoms with Gasteiger partial charge >= 0.3 is 0 Å². The monoisotopic (exact) mass is 429 g/mol. The van der Waals surface area contributed by atoms with Crippen LogP contribution < -0.4 is 5.73 Å². The topological polar surface area (TPSA) is 42.7 Å². The Labute approximate surface area is 185 Å². The van der Waals surface area contributed by atoms with Crippen LogP contribution in [0.4, 0.5) is 5.69 Å². The summed E-state index contributed by atoms with van der Waals surface area (Å²) in [6, 6.07) is 21.1. The van der Waals surface area contributed by atoms with Crippen molar-refractivity contribution >= 4 is 34.0 Å². The lowest BCUT2D eigenvalue weighted by Gasteiger charge is -2.43. The van der Waals surface area contributed by atoms with E-state index in [4.69, 9.17) is 17.3 Å². The van der Waals surface area contributed by atoms with Crippen LogP contribution in [0.2, 0.25) is 0 Å². The van der Waals surface area contributed by atoms with Crippen LogP contribution in [-0.4, -0.2) is 10.9 Å². The fourth-order valence-electron chi connectivity index (χ4n) is 4.87. The number of hydrogen-bond acceptors (Lipinski definition) is 4. The fourth-order valence-corrected chi connectivity index (χ4v) is 6.97. The molecule has 1 spiro atoms. The van der Waals surface area contributed by atoms with Crippen molar-refractivity contribution in [1.82, 2.24) is 0 Å². The van der Waals surface area contributed by atoms with Gasteiger partial charge < -0.3 is 5.73 Å². The Morgan fingerprint density at radius 3 is 2.80 bits per heavy atom. The van der Waals surface area contributed by atoms with Crippen LogP contribution in [0.1, 0.15) is 28.8 Å². The molecule has 2 unspecified atom stereocenters. The van der Waals surface area contributed by atoms with Gasteiger partial charge in [0.2, 0.25) is 0 Å². The van der Waals surface area contributed by atoms with Gasteiger partial charge in [0, 0.05) is 15.5 Å². The first-order chi connectivity index (χ1) is 14.7. The highest BCUT2D eigenvalue weighted by Crippen LogP contribution is 2.52. The molecule has 2 aliphatic rings. The molecule has 3 aromatic rings. The zero-order chi connectivity index (χ0) is 20.6. The van der Waals surface area contributed by atoms with E-state index in [9.17, 15) is 0 Å². The first-order valence-electron chi connectivity index (χ1n) is 10.3. The summed E-state index contributed by atoms with van der Waals surface area (Å²) in [6.07, 6.45) is 4.27. The standard InChI is InChI=1S/C25H23N3S2/c1-27-20-9-5-8-18(15-20)23-16-21-22(30-23)11-10-19(14-17-6-3-2-4-7-17)25(21)12-13-29-24(26)28-25/h2-9,15-16,19H,10-14H2,(H2,26,28). The molecule has 5 rings (SSSR count). The van der Waals surface area contributed by atoms with Crippen molar-refractivity contribution in [3.8, 4) is 10.4 Å². The minimum Gasteiger partial charge on any atom is -0.379 e. The Morgan fingerprint density at radius 1 is 1.13 bits per heavy atom. The molecule has 2 heterocycles. The molecule has 3 nitrogen and oxygen atoms in total. The Hall–Kier alpha value is -2.55. The van der Waals surface area contributed by atoms with Gasteiger partial charge in [-0.3, -0.25) is 4.99 Å². The summed E-state index contributed by atoms with van der Waals surface area (Å²) in [5.74, 6) is 1.46. The van der Waals surface area contributed by atoms with Crippen molar-refractivity contribution < 1.29 is 0 Å². The number of hydrogen-bond donors (Lipinski definition) is 1. The molecular weight excluding hydrogens is 406 g/mol. The minimum absolute atomic E-state index is 0.231. The summed E-state index contributed by atoms with van der Waals surface area (Å²) in [7, 11) is 0. The molecule has 2 aromatic carbocycles. The molecule has 0 bridgehead atoms. The Kier molecular flexibility index (Phi) is 5.14. The average molecular weight is 430 g/mol. The van der Waals surface area contributed by atoms with E-state index in [1.54, 1.807) is 11.8 Å². The third-order valence-corrected chi connectivity index (χ3v) is 8.34. The van der Waals surface area contributed by atoms with Gasteiger partial charge in [-0.1, -0.05) is 60.3 Å². The van der Waals surface area contributed by atoms with Gasteiger partial charge in [-0.2, -0.15) is 0 Å². The number of amidine groups is 1. The molecule has 0 amide bonds. The molecular formula is C25H23N3S2. The molecule has 0 saturated carbocycles. The molecule has 1 aromatic heterocycles. The van der Waals surface area contributed by atoms with Crippen LogP contribution >= 0.6 is 23.1 Å². The number of fused-ring (bicyclic) bond motifs is 2. The van der Waals surface area contributed by atoms with Crippen molar-refractivity contribution in [2.24, 2.45) is 16.6 Å².